The molecule has 0 aliphatic heterocycles. The zero-order chi connectivity index (χ0) is 39.1. The average molecular weight is 762 g/mol. The maximum Gasteiger partial charge on any atom is 0.303 e. The molecular weight excluding hydrogens is 663 g/mol. The number of carboxylic acids is 1. The molecule has 0 heterocycles. The van der Waals surface area contributed by atoms with Gasteiger partial charge in [-0.15, -0.1) is 0 Å². The molecule has 4 nitrogen and oxygen atoms in total. The van der Waals surface area contributed by atoms with Gasteiger partial charge in [0.1, 0.15) is 0 Å². The summed E-state index contributed by atoms with van der Waals surface area (Å²) in [5.74, 6) is -0.798. The largest absolute Gasteiger partial charge is 0.481 e. The van der Waals surface area contributed by atoms with Crippen LogP contribution in [0.25, 0.3) is 0 Å². The van der Waals surface area contributed by atoms with Gasteiger partial charge in [0.25, 0.3) is 0 Å². The van der Waals surface area contributed by atoms with Gasteiger partial charge in [-0.3, -0.25) is 9.59 Å². The predicted molar refractivity (Wildman–Crippen MR) is 238 cm³/mol. The van der Waals surface area contributed by atoms with E-state index in [1.807, 2.05) is 0 Å². The highest BCUT2D eigenvalue weighted by Crippen LogP contribution is 2.18. The summed E-state index contributed by atoms with van der Waals surface area (Å²) in [6, 6.07) is 0. The van der Waals surface area contributed by atoms with Gasteiger partial charge in [-0.05, 0) is 12.8 Å². The molecule has 0 saturated carbocycles. The molecule has 1 amide bonds. The lowest BCUT2D eigenvalue weighted by molar-refractivity contribution is -0.137. The van der Waals surface area contributed by atoms with Crippen molar-refractivity contribution in [3.63, 3.8) is 0 Å². The van der Waals surface area contributed by atoms with Crippen LogP contribution in [0, 0.1) is 0 Å². The first-order valence-electron chi connectivity index (χ1n) is 25.1. The third-order valence-electron chi connectivity index (χ3n) is 12.1. The van der Waals surface area contributed by atoms with Crippen LogP contribution in [0.2, 0.25) is 0 Å². The van der Waals surface area contributed by atoms with Crippen molar-refractivity contribution in [1.29, 1.82) is 0 Å². The second-order valence-electron chi connectivity index (χ2n) is 17.6. The number of carbonyl (C=O) groups excluding carboxylic acids is 1. The summed E-state index contributed by atoms with van der Waals surface area (Å²) >= 11 is 0. The Bertz CT molecular complexity index is 665. The highest BCUT2D eigenvalue weighted by atomic mass is 16.4. The molecule has 0 fully saturated rings. The number of carboxylic acid groups (broad SMARTS) is 1. The molecule has 0 radical (unpaired) electrons. The number of primary amides is 1. The Morgan fingerprint density at radius 3 is 0.444 bits per heavy atom. The zero-order valence-corrected chi connectivity index (χ0v) is 36.8. The number of hydrogen-bond donors (Lipinski definition) is 2. The van der Waals surface area contributed by atoms with Crippen LogP contribution in [0.1, 0.15) is 308 Å². The molecule has 4 heteroatoms. The topological polar surface area (TPSA) is 80.4 Å². The molecule has 3 N–H and O–H groups in total. The van der Waals surface area contributed by atoms with E-state index in [1.165, 1.54) is 276 Å². The monoisotopic (exact) mass is 762 g/mol. The Labute approximate surface area is 339 Å². The van der Waals surface area contributed by atoms with Crippen LogP contribution >= 0.6 is 0 Å². The molecule has 0 atom stereocenters. The molecule has 0 aromatic carbocycles. The summed E-state index contributed by atoms with van der Waals surface area (Å²) in [4.78, 5) is 21.2. The minimum Gasteiger partial charge on any atom is -0.481 e. The quantitative estimate of drug-likeness (QED) is 0.0606. The summed E-state index contributed by atoms with van der Waals surface area (Å²) < 4.78 is 0. The zero-order valence-electron chi connectivity index (χ0n) is 36.8. The van der Waals surface area contributed by atoms with Crippen LogP contribution in [-0.2, 0) is 9.59 Å². The third-order valence-corrected chi connectivity index (χ3v) is 12.1. The van der Waals surface area contributed by atoms with E-state index in [1.54, 1.807) is 0 Å². The average Bonchev–Trinajstić information content (AvgIpc) is 3.15. The summed E-state index contributed by atoms with van der Waals surface area (Å²) in [6.07, 6.45) is 65.0. The van der Waals surface area contributed by atoms with Crippen molar-refractivity contribution in [2.45, 2.75) is 308 Å². The van der Waals surface area contributed by atoms with Gasteiger partial charge in [0.15, 0.2) is 0 Å². The number of unbranched alkanes of at least 4 members (excludes halogenated alkanes) is 45. The lowest BCUT2D eigenvalue weighted by Gasteiger charge is -2.05. The molecule has 0 spiro atoms. The molecule has 0 aromatic heterocycles. The number of nitrogens with two attached hydrogens (primary N) is 1. The van der Waals surface area contributed by atoms with Crippen LogP contribution in [-0.4, -0.2) is 17.0 Å². The summed E-state index contributed by atoms with van der Waals surface area (Å²) in [5.41, 5.74) is 5.19. The first-order valence-corrected chi connectivity index (χ1v) is 25.1. The standard InChI is InChI=1S/C50H99NO3/c51-49(52)47-45-43-41-39-37-35-33-31-29-27-25-23-21-19-17-15-13-11-9-7-5-3-1-2-4-6-8-10-12-14-16-18-20-22-24-26-28-30-32-34-36-38-40-42-44-46-48-50(53)54/h1-48H2,(H2,51,52)(H,53,54). The molecule has 0 rings (SSSR count). The van der Waals surface area contributed by atoms with E-state index in [0.717, 1.165) is 19.3 Å². The van der Waals surface area contributed by atoms with Crippen molar-refractivity contribution < 1.29 is 14.7 Å². The van der Waals surface area contributed by atoms with Gasteiger partial charge in [-0.1, -0.05) is 283 Å². The summed E-state index contributed by atoms with van der Waals surface area (Å²) in [6.45, 7) is 0. The second kappa shape index (κ2) is 48.1. The fourth-order valence-electron chi connectivity index (χ4n) is 8.35. The van der Waals surface area contributed by atoms with Crippen molar-refractivity contribution in [1.82, 2.24) is 0 Å². The Kier molecular flexibility index (Phi) is 47.1. The Morgan fingerprint density at radius 1 is 0.222 bits per heavy atom. The molecule has 54 heavy (non-hydrogen) atoms. The molecule has 0 aliphatic rings. The van der Waals surface area contributed by atoms with E-state index >= 15 is 0 Å². The van der Waals surface area contributed by atoms with Gasteiger partial charge in [0, 0.05) is 12.8 Å². The van der Waals surface area contributed by atoms with E-state index in [2.05, 4.69) is 0 Å². The predicted octanol–water partition coefficient (Wildman–Crippen LogP) is 17.3. The van der Waals surface area contributed by atoms with E-state index in [9.17, 15) is 9.59 Å². The van der Waals surface area contributed by atoms with Crippen molar-refractivity contribution in [2.75, 3.05) is 0 Å². The van der Waals surface area contributed by atoms with Gasteiger partial charge >= 0.3 is 5.97 Å². The molecule has 0 aliphatic carbocycles. The van der Waals surface area contributed by atoms with E-state index in [-0.39, 0.29) is 5.91 Å². The lowest BCUT2D eigenvalue weighted by Crippen LogP contribution is -2.09. The second-order valence-corrected chi connectivity index (χ2v) is 17.6. The van der Waals surface area contributed by atoms with Gasteiger partial charge in [0.2, 0.25) is 5.91 Å². The number of amides is 1. The minimum atomic E-state index is -0.649. The van der Waals surface area contributed by atoms with Crippen LogP contribution in [0.15, 0.2) is 0 Å². The van der Waals surface area contributed by atoms with Gasteiger partial charge in [-0.2, -0.15) is 0 Å². The first-order chi connectivity index (χ1) is 26.6. The smallest absolute Gasteiger partial charge is 0.303 e. The van der Waals surface area contributed by atoms with Gasteiger partial charge in [-0.25, -0.2) is 0 Å². The molecular formula is C50H99NO3. The summed E-state index contributed by atoms with van der Waals surface area (Å²) in [5, 5.41) is 8.66. The van der Waals surface area contributed by atoms with Crippen LogP contribution < -0.4 is 5.73 Å². The maximum atomic E-state index is 10.7. The van der Waals surface area contributed by atoms with Crippen molar-refractivity contribution in [3.05, 3.63) is 0 Å². The highest BCUT2D eigenvalue weighted by Gasteiger charge is 2.00. The van der Waals surface area contributed by atoms with Crippen LogP contribution in [0.4, 0.5) is 0 Å². The maximum absolute atomic E-state index is 10.7. The van der Waals surface area contributed by atoms with E-state index < -0.39 is 5.97 Å². The van der Waals surface area contributed by atoms with Crippen LogP contribution in [0.5, 0.6) is 0 Å². The van der Waals surface area contributed by atoms with E-state index in [4.69, 9.17) is 10.8 Å². The normalized spacial score (nSPS) is 11.5. The van der Waals surface area contributed by atoms with Crippen molar-refractivity contribution in [3.8, 4) is 0 Å². The third kappa shape index (κ3) is 50.9. The fourth-order valence-corrected chi connectivity index (χ4v) is 8.35. The Morgan fingerprint density at radius 2 is 0.333 bits per heavy atom. The van der Waals surface area contributed by atoms with Gasteiger partial charge in [0.05, 0.1) is 0 Å². The molecule has 322 valence electrons. The number of rotatable bonds is 49. The van der Waals surface area contributed by atoms with Crippen molar-refractivity contribution >= 4 is 11.9 Å². The number of aliphatic carboxylic acids is 1. The fraction of sp³-hybridized carbons (Fsp3) is 0.960. The van der Waals surface area contributed by atoms with Crippen LogP contribution in [0.3, 0.4) is 0 Å². The Balaban J connectivity index is 3.06. The van der Waals surface area contributed by atoms with Crippen molar-refractivity contribution in [2.24, 2.45) is 5.73 Å². The SMILES string of the molecule is NC(=O)CCCCCCCCCCCCCCCCCCCCCCCCCCCCCCCCCCCCCCCCCCCCCCCCC(=O)O. The molecule has 0 bridgehead atoms. The number of carbonyl (C=O) groups is 2. The molecule has 0 unspecified atom stereocenters. The molecule has 0 aromatic rings. The van der Waals surface area contributed by atoms with Gasteiger partial charge < -0.3 is 10.8 Å². The first kappa shape index (κ1) is 52.9. The lowest BCUT2D eigenvalue weighted by atomic mass is 10.0. The molecule has 0 saturated heterocycles. The highest BCUT2D eigenvalue weighted by molar-refractivity contribution is 5.73. The Hall–Kier alpha value is -1.06. The summed E-state index contributed by atoms with van der Waals surface area (Å²) in [7, 11) is 0. The van der Waals surface area contributed by atoms with E-state index in [0.29, 0.717) is 12.8 Å². The number of hydrogen-bond acceptors (Lipinski definition) is 2. The minimum absolute atomic E-state index is 0.150.